The van der Waals surface area contributed by atoms with Crippen LogP contribution in [-0.4, -0.2) is 27.1 Å². The Kier molecular flexibility index (Phi) is 7.64. The van der Waals surface area contributed by atoms with Crippen molar-refractivity contribution in [2.24, 2.45) is 0 Å². The van der Waals surface area contributed by atoms with Crippen LogP contribution in [0.25, 0.3) is 0 Å². The van der Waals surface area contributed by atoms with Crippen molar-refractivity contribution in [2.75, 3.05) is 17.1 Å². The maximum absolute atomic E-state index is 13.2. The first-order valence-corrected chi connectivity index (χ1v) is 12.2. The molecule has 5 nitrogen and oxygen atoms in total. The number of amides is 1. The van der Waals surface area contributed by atoms with E-state index < -0.39 is 15.8 Å². The highest BCUT2D eigenvalue weighted by Gasteiger charge is 2.20. The minimum atomic E-state index is -3.56. The molecule has 32 heavy (non-hydrogen) atoms. The highest BCUT2D eigenvalue weighted by molar-refractivity contribution is 7.92. The molecule has 1 atom stereocenters. The van der Waals surface area contributed by atoms with Crippen LogP contribution in [-0.2, 0) is 14.8 Å². The minimum absolute atomic E-state index is 0.123. The van der Waals surface area contributed by atoms with E-state index in [4.69, 9.17) is 0 Å². The number of nitrogens with zero attached hydrogens (tertiary/aromatic N) is 1. The third kappa shape index (κ3) is 6.40. The van der Waals surface area contributed by atoms with Gasteiger partial charge in [0.25, 0.3) is 0 Å². The van der Waals surface area contributed by atoms with Crippen LogP contribution >= 0.6 is 0 Å². The molecule has 0 heterocycles. The Labute approximate surface area is 188 Å². The minimum Gasteiger partial charge on any atom is -0.345 e. The van der Waals surface area contributed by atoms with E-state index in [2.05, 4.69) is 5.32 Å². The summed E-state index contributed by atoms with van der Waals surface area (Å²) in [5.41, 5.74) is 3.44. The van der Waals surface area contributed by atoms with Gasteiger partial charge in [0, 0.05) is 13.0 Å². The number of aryl methyl sites for hydroxylation is 1. The molecule has 0 unspecified atom stereocenters. The molecule has 1 N–H and O–H groups in total. The number of sulfonamides is 1. The predicted molar refractivity (Wildman–Crippen MR) is 125 cm³/mol. The van der Waals surface area contributed by atoms with Crippen LogP contribution in [0, 0.1) is 12.7 Å². The van der Waals surface area contributed by atoms with Gasteiger partial charge in [-0.3, -0.25) is 9.10 Å². The molecule has 7 heteroatoms. The van der Waals surface area contributed by atoms with E-state index in [1.165, 1.54) is 28.6 Å². The molecule has 3 rings (SSSR count). The van der Waals surface area contributed by atoms with Crippen molar-refractivity contribution in [3.8, 4) is 0 Å². The number of carbonyl (C=O) groups excluding carboxylic acids is 1. The summed E-state index contributed by atoms with van der Waals surface area (Å²) in [6, 6.07) is 22.7. The van der Waals surface area contributed by atoms with Crippen molar-refractivity contribution < 1.29 is 17.6 Å². The Morgan fingerprint density at radius 1 is 0.938 bits per heavy atom. The second-order valence-corrected chi connectivity index (χ2v) is 9.64. The third-order valence-electron chi connectivity index (χ3n) is 5.13. The molecular weight excluding hydrogens is 427 g/mol. The van der Waals surface area contributed by atoms with Gasteiger partial charge in [0.15, 0.2) is 0 Å². The maximum atomic E-state index is 13.2. The van der Waals surface area contributed by atoms with E-state index in [9.17, 15) is 17.6 Å². The molecule has 0 radical (unpaired) electrons. The normalized spacial score (nSPS) is 12.2. The Hall–Kier alpha value is -3.19. The Morgan fingerprint density at radius 2 is 1.53 bits per heavy atom. The standard InChI is InChI=1S/C25H27FN2O3S/c1-19-10-12-21(13-11-19)25(20-7-4-3-5-8-20)27-24(29)9-6-18-28(32(2,30)31)23-16-14-22(26)15-17-23/h3-5,7-8,10-17,25H,6,9,18H2,1-2H3,(H,27,29)/t25-/m1/s1. The fourth-order valence-electron chi connectivity index (χ4n) is 3.47. The molecule has 0 aliphatic heterocycles. The monoisotopic (exact) mass is 454 g/mol. The van der Waals surface area contributed by atoms with Gasteiger partial charge < -0.3 is 5.32 Å². The lowest BCUT2D eigenvalue weighted by Crippen LogP contribution is -2.33. The molecule has 0 saturated carbocycles. The number of hydrogen-bond acceptors (Lipinski definition) is 3. The number of carbonyl (C=O) groups is 1. The van der Waals surface area contributed by atoms with Crippen LogP contribution in [0.15, 0.2) is 78.9 Å². The molecule has 0 aromatic heterocycles. The van der Waals surface area contributed by atoms with Crippen molar-refractivity contribution in [3.63, 3.8) is 0 Å². The van der Waals surface area contributed by atoms with Crippen molar-refractivity contribution in [1.82, 2.24) is 5.32 Å². The SMILES string of the molecule is Cc1ccc([C@H](NC(=O)CCCN(c2ccc(F)cc2)S(C)(=O)=O)c2ccccc2)cc1. The summed E-state index contributed by atoms with van der Waals surface area (Å²) < 4.78 is 38.8. The van der Waals surface area contributed by atoms with Gasteiger partial charge >= 0.3 is 0 Å². The van der Waals surface area contributed by atoms with E-state index in [0.29, 0.717) is 12.1 Å². The second-order valence-electron chi connectivity index (χ2n) is 7.74. The Bertz CT molecular complexity index is 1130. The molecule has 3 aromatic carbocycles. The highest BCUT2D eigenvalue weighted by atomic mass is 32.2. The van der Waals surface area contributed by atoms with E-state index in [1.807, 2.05) is 61.5 Å². The lowest BCUT2D eigenvalue weighted by Gasteiger charge is -2.23. The Morgan fingerprint density at radius 3 is 2.12 bits per heavy atom. The molecule has 0 bridgehead atoms. The summed E-state index contributed by atoms with van der Waals surface area (Å²) in [4.78, 5) is 12.8. The molecule has 1 amide bonds. The number of nitrogens with one attached hydrogen (secondary N) is 1. The van der Waals surface area contributed by atoms with Crippen LogP contribution in [0.4, 0.5) is 10.1 Å². The summed E-state index contributed by atoms with van der Waals surface area (Å²) in [7, 11) is -3.56. The molecule has 0 aliphatic rings. The van der Waals surface area contributed by atoms with Crippen LogP contribution in [0.5, 0.6) is 0 Å². The van der Waals surface area contributed by atoms with E-state index >= 15 is 0 Å². The first-order chi connectivity index (χ1) is 15.2. The van der Waals surface area contributed by atoms with Gasteiger partial charge in [-0.15, -0.1) is 0 Å². The molecule has 0 saturated heterocycles. The van der Waals surface area contributed by atoms with Crippen molar-refractivity contribution >= 4 is 21.6 Å². The third-order valence-corrected chi connectivity index (χ3v) is 6.32. The predicted octanol–water partition coefficient (Wildman–Crippen LogP) is 4.59. The molecule has 0 fully saturated rings. The summed E-state index contributed by atoms with van der Waals surface area (Å²) >= 11 is 0. The highest BCUT2D eigenvalue weighted by Crippen LogP contribution is 2.23. The van der Waals surface area contributed by atoms with Crippen LogP contribution < -0.4 is 9.62 Å². The van der Waals surface area contributed by atoms with Gasteiger partial charge in [-0.1, -0.05) is 60.2 Å². The fraction of sp³-hybridized carbons (Fsp3) is 0.240. The number of halogens is 1. The lowest BCUT2D eigenvalue weighted by atomic mass is 9.97. The maximum Gasteiger partial charge on any atom is 0.232 e. The lowest BCUT2D eigenvalue weighted by molar-refractivity contribution is -0.121. The number of rotatable bonds is 9. The number of benzene rings is 3. The van der Waals surface area contributed by atoms with Crippen LogP contribution in [0.3, 0.4) is 0 Å². The van der Waals surface area contributed by atoms with E-state index in [-0.39, 0.29) is 24.9 Å². The van der Waals surface area contributed by atoms with Crippen LogP contribution in [0.1, 0.15) is 35.6 Å². The largest absolute Gasteiger partial charge is 0.345 e. The summed E-state index contributed by atoms with van der Waals surface area (Å²) in [5.74, 6) is -0.614. The topological polar surface area (TPSA) is 66.5 Å². The Balaban J connectivity index is 1.68. The second kappa shape index (κ2) is 10.4. The van der Waals surface area contributed by atoms with E-state index in [1.54, 1.807) is 0 Å². The van der Waals surface area contributed by atoms with Gasteiger partial charge in [-0.05, 0) is 48.7 Å². The van der Waals surface area contributed by atoms with Crippen molar-refractivity contribution in [2.45, 2.75) is 25.8 Å². The van der Waals surface area contributed by atoms with Crippen molar-refractivity contribution in [1.29, 1.82) is 0 Å². The van der Waals surface area contributed by atoms with Crippen molar-refractivity contribution in [3.05, 3.63) is 101 Å². The number of hydrogen-bond donors (Lipinski definition) is 1. The van der Waals surface area contributed by atoms with Gasteiger partial charge in [0.1, 0.15) is 5.82 Å². The van der Waals surface area contributed by atoms with E-state index in [0.717, 1.165) is 22.9 Å². The molecule has 0 spiro atoms. The first-order valence-electron chi connectivity index (χ1n) is 10.4. The average molecular weight is 455 g/mol. The summed E-state index contributed by atoms with van der Waals surface area (Å²) in [6.45, 7) is 2.13. The molecular formula is C25H27FN2O3S. The van der Waals surface area contributed by atoms with Gasteiger partial charge in [0.2, 0.25) is 15.9 Å². The fourth-order valence-corrected chi connectivity index (χ4v) is 4.44. The smallest absolute Gasteiger partial charge is 0.232 e. The van der Waals surface area contributed by atoms with Gasteiger partial charge in [-0.25, -0.2) is 12.8 Å². The molecule has 168 valence electrons. The zero-order chi connectivity index (χ0) is 23.1. The quantitative estimate of drug-likeness (QED) is 0.514. The zero-order valence-corrected chi connectivity index (χ0v) is 19.0. The first kappa shape index (κ1) is 23.5. The summed E-state index contributed by atoms with van der Waals surface area (Å²) in [5, 5.41) is 3.07. The summed E-state index contributed by atoms with van der Waals surface area (Å²) in [6.07, 6.45) is 1.58. The molecule has 3 aromatic rings. The number of anilines is 1. The molecule has 0 aliphatic carbocycles. The van der Waals surface area contributed by atoms with Crippen LogP contribution in [0.2, 0.25) is 0 Å². The zero-order valence-electron chi connectivity index (χ0n) is 18.2. The average Bonchev–Trinajstić information content (AvgIpc) is 2.76. The van der Waals surface area contributed by atoms with Gasteiger partial charge in [0.05, 0.1) is 18.0 Å². The van der Waals surface area contributed by atoms with Gasteiger partial charge in [-0.2, -0.15) is 0 Å².